The van der Waals surface area contributed by atoms with E-state index in [1.54, 1.807) is 0 Å². The average Bonchev–Trinajstić information content (AvgIpc) is 3.71. The van der Waals surface area contributed by atoms with Crippen molar-refractivity contribution in [3.63, 3.8) is 0 Å². The maximum Gasteiger partial charge on any atom is 0.0716 e. The number of pyridine rings is 2. The molecule has 0 N–H and O–H groups in total. The summed E-state index contributed by atoms with van der Waals surface area (Å²) < 4.78 is 2.37. The predicted octanol–water partition coefficient (Wildman–Crippen LogP) is 15.3. The lowest BCUT2D eigenvalue weighted by Crippen LogP contribution is -2.15. The van der Waals surface area contributed by atoms with Gasteiger partial charge in [-0.25, -0.2) is 4.98 Å². The molecule has 12 rings (SSSR count). The number of para-hydroxylation sites is 2. The standard InChI is InChI=1S/C60H41N3/c1-4-17-41(18-5-1)53-39-56(44-21-8-3-9-22-44)62-57-38-52(48-25-10-11-28-51(48)60(53)57)42-33-31-40(32-34-42)46-36-54(43-19-6-2-7-20-43)61-55(37-46)45-23-16-24-47(35-45)63-58-29-14-12-26-49(58)50-27-13-15-30-59(50)63/h1-37,39,52H,38H2. The van der Waals surface area contributed by atoms with Crippen molar-refractivity contribution in [3.8, 4) is 72.8 Å². The van der Waals surface area contributed by atoms with Crippen LogP contribution in [0.4, 0.5) is 0 Å². The highest BCUT2D eigenvalue weighted by atomic mass is 15.0. The first-order valence-electron chi connectivity index (χ1n) is 21.7. The molecular weight excluding hydrogens is 763 g/mol. The van der Waals surface area contributed by atoms with Gasteiger partial charge in [0.15, 0.2) is 0 Å². The van der Waals surface area contributed by atoms with Crippen LogP contribution in [-0.4, -0.2) is 14.5 Å². The summed E-state index contributed by atoms with van der Waals surface area (Å²) in [5, 5.41) is 2.50. The molecule has 11 aromatic rings. The van der Waals surface area contributed by atoms with Gasteiger partial charge in [-0.05, 0) is 81.4 Å². The van der Waals surface area contributed by atoms with Crippen LogP contribution in [0.1, 0.15) is 22.7 Å². The van der Waals surface area contributed by atoms with Crippen molar-refractivity contribution in [2.45, 2.75) is 12.3 Å². The van der Waals surface area contributed by atoms with Crippen LogP contribution in [-0.2, 0) is 6.42 Å². The van der Waals surface area contributed by atoms with E-state index in [4.69, 9.17) is 9.97 Å². The van der Waals surface area contributed by atoms with E-state index in [0.717, 1.165) is 62.7 Å². The quantitative estimate of drug-likeness (QED) is 0.161. The van der Waals surface area contributed by atoms with E-state index in [9.17, 15) is 0 Å². The minimum absolute atomic E-state index is 0.154. The van der Waals surface area contributed by atoms with E-state index < -0.39 is 0 Å². The molecule has 0 fully saturated rings. The highest BCUT2D eigenvalue weighted by Crippen LogP contribution is 2.47. The molecule has 1 aliphatic rings. The second-order valence-electron chi connectivity index (χ2n) is 16.5. The summed E-state index contributed by atoms with van der Waals surface area (Å²) in [6.45, 7) is 0. The molecule has 3 aromatic heterocycles. The maximum atomic E-state index is 5.43. The molecule has 3 heteroatoms. The predicted molar refractivity (Wildman–Crippen MR) is 261 cm³/mol. The Morgan fingerprint density at radius 1 is 0.365 bits per heavy atom. The summed E-state index contributed by atoms with van der Waals surface area (Å²) in [5.74, 6) is 0.154. The zero-order valence-corrected chi connectivity index (χ0v) is 34.6. The zero-order chi connectivity index (χ0) is 41.7. The monoisotopic (exact) mass is 803 g/mol. The van der Waals surface area contributed by atoms with Crippen LogP contribution in [0.2, 0.25) is 0 Å². The fraction of sp³-hybridized carbons (Fsp3) is 0.0333. The fourth-order valence-corrected chi connectivity index (χ4v) is 9.79. The third-order valence-electron chi connectivity index (χ3n) is 12.8. The molecule has 3 nitrogen and oxygen atoms in total. The SMILES string of the molecule is c1ccc(-c2cc(-c3ccc(C4Cc5nc(-c6ccccc6)cc(-c6ccccc6)c5-c5ccccc54)cc3)cc(-c3cccc(-n4c5ccccc5c5ccccc54)c3)n2)cc1. The summed E-state index contributed by atoms with van der Waals surface area (Å²) in [5.41, 5.74) is 20.6. The van der Waals surface area contributed by atoms with Gasteiger partial charge in [0.05, 0.1) is 33.8 Å². The summed E-state index contributed by atoms with van der Waals surface area (Å²) in [6, 6.07) is 83.0. The molecule has 63 heavy (non-hydrogen) atoms. The minimum atomic E-state index is 0.154. The second-order valence-corrected chi connectivity index (χ2v) is 16.5. The third-order valence-corrected chi connectivity index (χ3v) is 12.8. The van der Waals surface area contributed by atoms with E-state index in [2.05, 4.69) is 235 Å². The molecule has 0 radical (unpaired) electrons. The molecular formula is C60H41N3. The molecule has 1 atom stereocenters. The van der Waals surface area contributed by atoms with Crippen LogP contribution in [0, 0.1) is 0 Å². The number of rotatable bonds is 7. The lowest BCUT2D eigenvalue weighted by atomic mass is 9.75. The Hall–Kier alpha value is -8.14. The number of fused-ring (bicyclic) bond motifs is 6. The molecule has 0 saturated heterocycles. The first kappa shape index (κ1) is 36.7. The topological polar surface area (TPSA) is 30.7 Å². The van der Waals surface area contributed by atoms with E-state index in [1.165, 1.54) is 55.2 Å². The Balaban J connectivity index is 0.948. The van der Waals surface area contributed by atoms with Gasteiger partial charge in [0.1, 0.15) is 0 Å². The Labute approximate surface area is 367 Å². The van der Waals surface area contributed by atoms with Crippen LogP contribution in [0.5, 0.6) is 0 Å². The number of nitrogens with zero attached hydrogens (tertiary/aromatic N) is 3. The van der Waals surface area contributed by atoms with Crippen LogP contribution in [0.15, 0.2) is 231 Å². The van der Waals surface area contributed by atoms with Gasteiger partial charge in [0.2, 0.25) is 0 Å². The Kier molecular flexibility index (Phi) is 8.97. The molecule has 8 aromatic carbocycles. The lowest BCUT2D eigenvalue weighted by Gasteiger charge is -2.30. The van der Waals surface area contributed by atoms with Crippen molar-refractivity contribution in [2.24, 2.45) is 0 Å². The molecule has 1 unspecified atom stereocenters. The van der Waals surface area contributed by atoms with E-state index in [1.807, 2.05) is 0 Å². The van der Waals surface area contributed by atoms with Gasteiger partial charge < -0.3 is 4.57 Å². The van der Waals surface area contributed by atoms with Crippen molar-refractivity contribution >= 4 is 21.8 Å². The first-order valence-corrected chi connectivity index (χ1v) is 21.7. The number of hydrogen-bond acceptors (Lipinski definition) is 2. The second kappa shape index (κ2) is 15.4. The Morgan fingerprint density at radius 2 is 0.905 bits per heavy atom. The van der Waals surface area contributed by atoms with Crippen molar-refractivity contribution in [3.05, 3.63) is 247 Å². The van der Waals surface area contributed by atoms with Crippen LogP contribution in [0.25, 0.3) is 94.6 Å². The van der Waals surface area contributed by atoms with Gasteiger partial charge in [0.25, 0.3) is 0 Å². The van der Waals surface area contributed by atoms with Gasteiger partial charge in [-0.2, -0.15) is 0 Å². The Bertz CT molecular complexity index is 3410. The normalized spacial score (nSPS) is 13.2. The zero-order valence-electron chi connectivity index (χ0n) is 34.6. The number of hydrogen-bond donors (Lipinski definition) is 0. The van der Waals surface area contributed by atoms with Crippen LogP contribution in [0.3, 0.4) is 0 Å². The summed E-state index contributed by atoms with van der Waals surface area (Å²) in [6.07, 6.45) is 0.812. The van der Waals surface area contributed by atoms with Crippen molar-refractivity contribution in [1.29, 1.82) is 0 Å². The highest BCUT2D eigenvalue weighted by Gasteiger charge is 2.30. The molecule has 0 aliphatic heterocycles. The smallest absolute Gasteiger partial charge is 0.0716 e. The maximum absolute atomic E-state index is 5.43. The van der Waals surface area contributed by atoms with Crippen molar-refractivity contribution in [1.82, 2.24) is 14.5 Å². The van der Waals surface area contributed by atoms with Gasteiger partial charge in [-0.15, -0.1) is 0 Å². The molecule has 0 spiro atoms. The van der Waals surface area contributed by atoms with Gasteiger partial charge in [-0.3, -0.25) is 4.98 Å². The third kappa shape index (κ3) is 6.54. The lowest BCUT2D eigenvalue weighted by molar-refractivity contribution is 0.772. The minimum Gasteiger partial charge on any atom is -0.309 e. The van der Waals surface area contributed by atoms with Gasteiger partial charge in [0, 0.05) is 51.1 Å². The average molecular weight is 804 g/mol. The summed E-state index contributed by atoms with van der Waals surface area (Å²) in [4.78, 5) is 10.8. The van der Waals surface area contributed by atoms with Crippen molar-refractivity contribution < 1.29 is 0 Å². The van der Waals surface area contributed by atoms with E-state index >= 15 is 0 Å². The summed E-state index contributed by atoms with van der Waals surface area (Å²) >= 11 is 0. The molecule has 0 saturated carbocycles. The number of benzene rings is 8. The van der Waals surface area contributed by atoms with Crippen LogP contribution >= 0.6 is 0 Å². The highest BCUT2D eigenvalue weighted by molar-refractivity contribution is 6.09. The molecule has 3 heterocycles. The molecule has 0 bridgehead atoms. The van der Waals surface area contributed by atoms with Crippen molar-refractivity contribution in [2.75, 3.05) is 0 Å². The van der Waals surface area contributed by atoms with Gasteiger partial charge >= 0.3 is 0 Å². The summed E-state index contributed by atoms with van der Waals surface area (Å²) in [7, 11) is 0. The van der Waals surface area contributed by atoms with E-state index in [-0.39, 0.29) is 5.92 Å². The van der Waals surface area contributed by atoms with Crippen LogP contribution < -0.4 is 0 Å². The van der Waals surface area contributed by atoms with E-state index in [0.29, 0.717) is 0 Å². The largest absolute Gasteiger partial charge is 0.309 e. The molecule has 0 amide bonds. The first-order chi connectivity index (χ1) is 31.2. The Morgan fingerprint density at radius 3 is 1.57 bits per heavy atom. The fourth-order valence-electron chi connectivity index (χ4n) is 9.79. The molecule has 296 valence electrons. The number of aromatic nitrogens is 3. The molecule has 1 aliphatic carbocycles. The van der Waals surface area contributed by atoms with Gasteiger partial charge in [-0.1, -0.05) is 188 Å².